The molecule has 1 fully saturated rings. The van der Waals surface area contributed by atoms with Crippen LogP contribution in [0.2, 0.25) is 5.02 Å². The summed E-state index contributed by atoms with van der Waals surface area (Å²) in [6.07, 6.45) is 4.09. The first kappa shape index (κ1) is 34.0. The van der Waals surface area contributed by atoms with Gasteiger partial charge in [0.2, 0.25) is 11.8 Å². The summed E-state index contributed by atoms with van der Waals surface area (Å²) >= 11 is 6.08. The van der Waals surface area contributed by atoms with Gasteiger partial charge in [0.25, 0.3) is 10.0 Å². The highest BCUT2D eigenvalue weighted by Gasteiger charge is 2.35. The molecular weight excluding hydrogens is 634 g/mol. The van der Waals surface area contributed by atoms with Crippen molar-refractivity contribution in [2.24, 2.45) is 0 Å². The van der Waals surface area contributed by atoms with Crippen molar-refractivity contribution >= 4 is 39.1 Å². The van der Waals surface area contributed by atoms with E-state index in [0.29, 0.717) is 16.5 Å². The highest BCUT2D eigenvalue weighted by atomic mass is 35.5. The van der Waals surface area contributed by atoms with Crippen LogP contribution in [0.3, 0.4) is 0 Å². The summed E-state index contributed by atoms with van der Waals surface area (Å²) < 4.78 is 34.9. The molecule has 0 heterocycles. The normalized spacial score (nSPS) is 13.9. The lowest BCUT2D eigenvalue weighted by Gasteiger charge is -2.34. The number of carbonyl (C=O) groups excluding carboxylic acids is 2. The topological polar surface area (TPSA) is 96.0 Å². The van der Waals surface area contributed by atoms with Crippen LogP contribution in [-0.4, -0.2) is 50.9 Å². The van der Waals surface area contributed by atoms with Gasteiger partial charge in [-0.2, -0.15) is 0 Å². The number of aryl methyl sites for hydroxylation is 1. The molecule has 8 nitrogen and oxygen atoms in total. The fraction of sp³-hybridized carbons (Fsp3) is 0.297. The Kier molecular flexibility index (Phi) is 11.2. The molecule has 1 N–H and O–H groups in total. The lowest BCUT2D eigenvalue weighted by atomic mass is 10.0. The molecular formula is C37H40ClN3O5S. The molecule has 0 radical (unpaired) electrons. The number of anilines is 1. The quantitative estimate of drug-likeness (QED) is 0.174. The molecule has 1 saturated carbocycles. The van der Waals surface area contributed by atoms with Gasteiger partial charge in [0.05, 0.1) is 17.7 Å². The van der Waals surface area contributed by atoms with E-state index in [9.17, 15) is 18.0 Å². The standard InChI is InChI=1S/C37H40ClN3O5S/c1-27-10-8-16-32(22-27)41(47(44,45)34-20-18-30(38)19-21-34)26-36(42)40(25-29-13-9-17-33(23-29)46-2)35(24-28-11-4-3-5-12-28)37(43)39-31-14-6-7-15-31/h3-5,8-13,16-23,31,35H,6-7,14-15,24-26H2,1-2H3,(H,39,43)/t35-/m0/s1. The molecule has 0 bridgehead atoms. The summed E-state index contributed by atoms with van der Waals surface area (Å²) in [5.74, 6) is -0.175. The number of sulfonamides is 1. The van der Waals surface area contributed by atoms with E-state index in [1.165, 1.54) is 29.2 Å². The molecule has 47 heavy (non-hydrogen) atoms. The molecule has 246 valence electrons. The van der Waals surface area contributed by atoms with Gasteiger partial charge in [-0.1, -0.05) is 79.0 Å². The first-order valence-electron chi connectivity index (χ1n) is 15.8. The van der Waals surface area contributed by atoms with E-state index in [1.807, 2.05) is 67.6 Å². The zero-order valence-corrected chi connectivity index (χ0v) is 28.2. The molecule has 10 heteroatoms. The molecule has 1 aliphatic carbocycles. The van der Waals surface area contributed by atoms with Gasteiger partial charge in [-0.3, -0.25) is 13.9 Å². The van der Waals surface area contributed by atoms with Crippen LogP contribution in [0.4, 0.5) is 5.69 Å². The third kappa shape index (κ3) is 8.73. The van der Waals surface area contributed by atoms with Crippen LogP contribution in [0.5, 0.6) is 5.75 Å². The highest BCUT2D eigenvalue weighted by molar-refractivity contribution is 7.92. The van der Waals surface area contributed by atoms with Crippen LogP contribution in [0.15, 0.2) is 108 Å². The number of hydrogen-bond donors (Lipinski definition) is 1. The fourth-order valence-electron chi connectivity index (χ4n) is 5.93. The Hall–Kier alpha value is -4.34. The van der Waals surface area contributed by atoms with Crippen molar-refractivity contribution in [2.45, 2.75) is 62.6 Å². The maximum absolute atomic E-state index is 14.7. The molecule has 5 rings (SSSR count). The van der Waals surface area contributed by atoms with Crippen LogP contribution in [0.25, 0.3) is 0 Å². The Morgan fingerprint density at radius 2 is 1.57 bits per heavy atom. The predicted molar refractivity (Wildman–Crippen MR) is 185 cm³/mol. The van der Waals surface area contributed by atoms with Crippen LogP contribution in [-0.2, 0) is 32.6 Å². The molecule has 0 aromatic heterocycles. The lowest BCUT2D eigenvalue weighted by Crippen LogP contribution is -2.54. The number of carbonyl (C=O) groups is 2. The summed E-state index contributed by atoms with van der Waals surface area (Å²) in [6.45, 7) is 1.39. The number of rotatable bonds is 13. The largest absolute Gasteiger partial charge is 0.497 e. The van der Waals surface area contributed by atoms with E-state index in [-0.39, 0.29) is 29.8 Å². The number of ether oxygens (including phenoxy) is 1. The summed E-state index contributed by atoms with van der Waals surface area (Å²) in [4.78, 5) is 30.3. The second-order valence-corrected chi connectivity index (χ2v) is 14.2. The molecule has 1 aliphatic rings. The van der Waals surface area contributed by atoms with Gasteiger partial charge in [0.1, 0.15) is 18.3 Å². The predicted octanol–water partition coefficient (Wildman–Crippen LogP) is 6.55. The average Bonchev–Trinajstić information content (AvgIpc) is 3.59. The van der Waals surface area contributed by atoms with Crippen LogP contribution >= 0.6 is 11.6 Å². The van der Waals surface area contributed by atoms with Crippen molar-refractivity contribution in [1.82, 2.24) is 10.2 Å². The van der Waals surface area contributed by atoms with Crippen molar-refractivity contribution in [3.63, 3.8) is 0 Å². The smallest absolute Gasteiger partial charge is 0.264 e. The number of nitrogens with zero attached hydrogens (tertiary/aromatic N) is 2. The third-order valence-electron chi connectivity index (χ3n) is 8.43. The van der Waals surface area contributed by atoms with Crippen molar-refractivity contribution in [2.75, 3.05) is 18.0 Å². The van der Waals surface area contributed by atoms with E-state index in [4.69, 9.17) is 16.3 Å². The van der Waals surface area contributed by atoms with Crippen LogP contribution in [0.1, 0.15) is 42.4 Å². The molecule has 0 saturated heterocycles. The van der Waals surface area contributed by atoms with Crippen molar-refractivity contribution in [3.05, 3.63) is 125 Å². The maximum Gasteiger partial charge on any atom is 0.264 e. The van der Waals surface area contributed by atoms with Crippen LogP contribution < -0.4 is 14.4 Å². The Balaban J connectivity index is 1.57. The molecule has 4 aromatic carbocycles. The molecule has 2 amide bonds. The second-order valence-electron chi connectivity index (χ2n) is 11.9. The number of halogens is 1. The minimum absolute atomic E-state index is 0.00429. The molecule has 4 aromatic rings. The molecule has 0 unspecified atom stereocenters. The maximum atomic E-state index is 14.7. The zero-order chi connectivity index (χ0) is 33.4. The zero-order valence-electron chi connectivity index (χ0n) is 26.6. The monoisotopic (exact) mass is 673 g/mol. The van der Waals surface area contributed by atoms with E-state index in [1.54, 1.807) is 25.3 Å². The third-order valence-corrected chi connectivity index (χ3v) is 10.5. The van der Waals surface area contributed by atoms with Gasteiger partial charge in [-0.25, -0.2) is 8.42 Å². The average molecular weight is 674 g/mol. The van der Waals surface area contributed by atoms with Gasteiger partial charge >= 0.3 is 0 Å². The first-order valence-corrected chi connectivity index (χ1v) is 17.6. The van der Waals surface area contributed by atoms with E-state index >= 15 is 0 Å². The number of nitrogens with one attached hydrogen (secondary N) is 1. The van der Waals surface area contributed by atoms with E-state index in [2.05, 4.69) is 5.32 Å². The Morgan fingerprint density at radius 3 is 2.26 bits per heavy atom. The fourth-order valence-corrected chi connectivity index (χ4v) is 7.47. The SMILES string of the molecule is COc1cccc(CN(C(=O)CN(c2cccc(C)c2)S(=O)(=O)c2ccc(Cl)cc2)[C@@H](Cc2ccccc2)C(=O)NC2CCCC2)c1. The summed E-state index contributed by atoms with van der Waals surface area (Å²) in [5, 5.41) is 3.59. The summed E-state index contributed by atoms with van der Waals surface area (Å²) in [7, 11) is -2.65. The lowest BCUT2D eigenvalue weighted by molar-refractivity contribution is -0.140. The van der Waals surface area contributed by atoms with Gasteiger partial charge in [0.15, 0.2) is 0 Å². The van der Waals surface area contributed by atoms with Gasteiger partial charge < -0.3 is 15.0 Å². The van der Waals surface area contributed by atoms with Gasteiger partial charge in [-0.05, 0) is 85.0 Å². The first-order chi connectivity index (χ1) is 22.6. The highest BCUT2D eigenvalue weighted by Crippen LogP contribution is 2.27. The number of benzene rings is 4. The van der Waals surface area contributed by atoms with Gasteiger partial charge in [0, 0.05) is 24.0 Å². The van der Waals surface area contributed by atoms with Crippen molar-refractivity contribution in [1.29, 1.82) is 0 Å². The van der Waals surface area contributed by atoms with Gasteiger partial charge in [-0.15, -0.1) is 0 Å². The van der Waals surface area contributed by atoms with Crippen LogP contribution in [0, 0.1) is 6.92 Å². The van der Waals surface area contributed by atoms with Crippen molar-refractivity contribution < 1.29 is 22.7 Å². The Bertz CT molecular complexity index is 1780. The summed E-state index contributed by atoms with van der Waals surface area (Å²) in [6, 6.07) is 28.8. The summed E-state index contributed by atoms with van der Waals surface area (Å²) in [5.41, 5.74) is 2.79. The molecule has 0 spiro atoms. The second kappa shape index (κ2) is 15.5. The number of hydrogen-bond acceptors (Lipinski definition) is 5. The minimum Gasteiger partial charge on any atom is -0.497 e. The minimum atomic E-state index is -4.22. The Labute approximate surface area is 282 Å². The van der Waals surface area contributed by atoms with E-state index in [0.717, 1.165) is 46.7 Å². The number of methoxy groups -OCH3 is 1. The van der Waals surface area contributed by atoms with E-state index < -0.39 is 28.5 Å². The van der Waals surface area contributed by atoms with Crippen molar-refractivity contribution in [3.8, 4) is 5.75 Å². The molecule has 1 atom stereocenters. The molecule has 0 aliphatic heterocycles. The Morgan fingerprint density at radius 1 is 0.894 bits per heavy atom. The number of amides is 2.